The predicted octanol–water partition coefficient (Wildman–Crippen LogP) is 0.917. The van der Waals surface area contributed by atoms with Gasteiger partial charge < -0.3 is 15.5 Å². The minimum atomic E-state index is -1.74. The first kappa shape index (κ1) is 13.3. The number of halogens is 3. The lowest BCUT2D eigenvalue weighted by atomic mass is 9.86. The summed E-state index contributed by atoms with van der Waals surface area (Å²) in [4.78, 5) is 0. The second-order valence-corrected chi connectivity index (χ2v) is 4.48. The van der Waals surface area contributed by atoms with Crippen molar-refractivity contribution >= 4 is 0 Å². The lowest BCUT2D eigenvalue weighted by molar-refractivity contribution is -0.0580. The Bertz CT molecular complexity index is 410. The molecular formula is C12H14F3NO2. The van der Waals surface area contributed by atoms with Gasteiger partial charge in [-0.25, -0.2) is 13.2 Å². The molecule has 1 heterocycles. The Morgan fingerprint density at radius 1 is 1.11 bits per heavy atom. The smallest absolute Gasteiger partial charge is 0.132 e. The third kappa shape index (κ3) is 2.66. The van der Waals surface area contributed by atoms with Gasteiger partial charge in [0.1, 0.15) is 17.8 Å². The topological polar surface area (TPSA) is 52.5 Å². The summed E-state index contributed by atoms with van der Waals surface area (Å²) < 4.78 is 40.2. The van der Waals surface area contributed by atoms with E-state index in [1.54, 1.807) is 0 Å². The van der Waals surface area contributed by atoms with Crippen LogP contribution in [0, 0.1) is 17.6 Å². The lowest BCUT2D eigenvalue weighted by Gasteiger charge is -2.34. The van der Waals surface area contributed by atoms with Crippen molar-refractivity contribution in [2.45, 2.75) is 18.4 Å². The van der Waals surface area contributed by atoms with Crippen molar-refractivity contribution in [2.75, 3.05) is 13.1 Å². The maximum Gasteiger partial charge on any atom is 0.132 e. The van der Waals surface area contributed by atoms with Gasteiger partial charge in [0.2, 0.25) is 0 Å². The SMILES string of the molecule is O[C@@H]1CNCC(C(F)c2cc(F)cc(F)c2)[C@H]1O. The fourth-order valence-electron chi connectivity index (χ4n) is 2.18. The summed E-state index contributed by atoms with van der Waals surface area (Å²) in [6, 6.07) is 2.43. The highest BCUT2D eigenvalue weighted by Crippen LogP contribution is 2.31. The van der Waals surface area contributed by atoms with Crippen LogP contribution in [0.2, 0.25) is 0 Å². The molecule has 2 unspecified atom stereocenters. The van der Waals surface area contributed by atoms with Gasteiger partial charge in [-0.2, -0.15) is 0 Å². The Labute approximate surface area is 102 Å². The molecule has 4 atom stereocenters. The van der Waals surface area contributed by atoms with Gasteiger partial charge in [-0.3, -0.25) is 0 Å². The molecule has 1 fully saturated rings. The Balaban J connectivity index is 2.21. The zero-order chi connectivity index (χ0) is 13.3. The van der Waals surface area contributed by atoms with Crippen LogP contribution >= 0.6 is 0 Å². The number of benzene rings is 1. The van der Waals surface area contributed by atoms with Crippen molar-refractivity contribution in [3.63, 3.8) is 0 Å². The standard InChI is InChI=1S/C12H14F3NO2/c13-7-1-6(2-8(14)3-7)11(15)9-4-16-5-10(17)12(9)18/h1-3,9-12,16-18H,4-5H2/t9?,10-,11?,12-/m1/s1. The van der Waals surface area contributed by atoms with Crippen molar-refractivity contribution < 1.29 is 23.4 Å². The van der Waals surface area contributed by atoms with E-state index in [0.29, 0.717) is 6.07 Å². The number of aliphatic hydroxyl groups is 2. The van der Waals surface area contributed by atoms with Gasteiger partial charge >= 0.3 is 0 Å². The van der Waals surface area contributed by atoms with Gasteiger partial charge in [-0.05, 0) is 17.7 Å². The van der Waals surface area contributed by atoms with Gasteiger partial charge in [0.15, 0.2) is 0 Å². The zero-order valence-electron chi connectivity index (χ0n) is 9.48. The summed E-state index contributed by atoms with van der Waals surface area (Å²) in [5.74, 6) is -2.67. The highest BCUT2D eigenvalue weighted by molar-refractivity contribution is 5.21. The van der Waals surface area contributed by atoms with Crippen LogP contribution in [-0.2, 0) is 0 Å². The van der Waals surface area contributed by atoms with Gasteiger partial charge in [0.05, 0.1) is 12.2 Å². The average Bonchev–Trinajstić information content (AvgIpc) is 2.30. The zero-order valence-corrected chi connectivity index (χ0v) is 9.48. The van der Waals surface area contributed by atoms with Crippen LogP contribution in [-0.4, -0.2) is 35.5 Å². The van der Waals surface area contributed by atoms with E-state index in [1.807, 2.05) is 0 Å². The van der Waals surface area contributed by atoms with E-state index in [4.69, 9.17) is 0 Å². The molecule has 0 aromatic heterocycles. The van der Waals surface area contributed by atoms with E-state index in [2.05, 4.69) is 5.32 Å². The van der Waals surface area contributed by atoms with Gasteiger partial charge in [-0.1, -0.05) is 0 Å². The third-order valence-electron chi connectivity index (χ3n) is 3.15. The molecule has 1 saturated heterocycles. The largest absolute Gasteiger partial charge is 0.390 e. The van der Waals surface area contributed by atoms with E-state index >= 15 is 0 Å². The summed E-state index contributed by atoms with van der Waals surface area (Å²) in [5.41, 5.74) is -0.174. The quantitative estimate of drug-likeness (QED) is 0.742. The van der Waals surface area contributed by atoms with Crippen molar-refractivity contribution in [1.29, 1.82) is 0 Å². The molecule has 0 amide bonds. The number of aliphatic hydroxyl groups excluding tert-OH is 2. The molecule has 1 aliphatic rings. The normalized spacial score (nSPS) is 30.2. The molecule has 6 heteroatoms. The molecule has 3 nitrogen and oxygen atoms in total. The van der Waals surface area contributed by atoms with Crippen LogP contribution < -0.4 is 5.32 Å². The number of β-amino-alcohol motifs (C(OH)–C–C–N with tert-alkyl or cyclic N) is 1. The lowest BCUT2D eigenvalue weighted by Crippen LogP contribution is -2.51. The summed E-state index contributed by atoms with van der Waals surface area (Å²) in [6.45, 7) is 0.305. The Kier molecular flexibility index (Phi) is 3.89. The molecule has 1 aliphatic heterocycles. The Morgan fingerprint density at radius 3 is 2.33 bits per heavy atom. The van der Waals surface area contributed by atoms with Gasteiger partial charge in [-0.15, -0.1) is 0 Å². The van der Waals surface area contributed by atoms with E-state index in [-0.39, 0.29) is 18.7 Å². The second kappa shape index (κ2) is 5.26. The Morgan fingerprint density at radius 2 is 1.72 bits per heavy atom. The molecule has 18 heavy (non-hydrogen) atoms. The monoisotopic (exact) mass is 261 g/mol. The van der Waals surface area contributed by atoms with E-state index in [0.717, 1.165) is 12.1 Å². The van der Waals surface area contributed by atoms with Crippen molar-refractivity contribution in [3.8, 4) is 0 Å². The van der Waals surface area contributed by atoms with Crippen LogP contribution in [0.1, 0.15) is 11.7 Å². The van der Waals surface area contributed by atoms with Crippen LogP contribution in [0.25, 0.3) is 0 Å². The van der Waals surface area contributed by atoms with Crippen LogP contribution in [0.15, 0.2) is 18.2 Å². The van der Waals surface area contributed by atoms with Crippen LogP contribution in [0.3, 0.4) is 0 Å². The van der Waals surface area contributed by atoms with Gasteiger partial charge in [0, 0.05) is 25.1 Å². The summed E-state index contributed by atoms with van der Waals surface area (Å²) in [6.07, 6.45) is -4.08. The molecule has 1 aromatic carbocycles. The van der Waals surface area contributed by atoms with E-state index < -0.39 is 35.9 Å². The average molecular weight is 261 g/mol. The van der Waals surface area contributed by atoms with E-state index in [9.17, 15) is 23.4 Å². The fraction of sp³-hybridized carbons (Fsp3) is 0.500. The van der Waals surface area contributed by atoms with Crippen molar-refractivity contribution in [1.82, 2.24) is 5.32 Å². The molecule has 3 N–H and O–H groups in total. The maximum absolute atomic E-state index is 14.2. The molecule has 1 aromatic rings. The van der Waals surface area contributed by atoms with Crippen LogP contribution in [0.4, 0.5) is 13.2 Å². The molecule has 0 aliphatic carbocycles. The first-order valence-electron chi connectivity index (χ1n) is 5.66. The number of nitrogens with one attached hydrogen (secondary N) is 1. The highest BCUT2D eigenvalue weighted by Gasteiger charge is 2.37. The summed E-state index contributed by atoms with van der Waals surface area (Å²) in [7, 11) is 0. The predicted molar refractivity (Wildman–Crippen MR) is 58.6 cm³/mol. The minimum Gasteiger partial charge on any atom is -0.390 e. The summed E-state index contributed by atoms with van der Waals surface area (Å²) in [5, 5.41) is 21.9. The number of alkyl halides is 1. The number of hydrogen-bond donors (Lipinski definition) is 3. The van der Waals surface area contributed by atoms with Crippen molar-refractivity contribution in [2.24, 2.45) is 5.92 Å². The minimum absolute atomic E-state index is 0.136. The maximum atomic E-state index is 14.2. The molecule has 0 saturated carbocycles. The first-order valence-corrected chi connectivity index (χ1v) is 5.66. The highest BCUT2D eigenvalue weighted by atomic mass is 19.1. The second-order valence-electron chi connectivity index (χ2n) is 4.48. The Hall–Kier alpha value is -1.11. The van der Waals surface area contributed by atoms with Crippen molar-refractivity contribution in [3.05, 3.63) is 35.4 Å². The number of piperidine rings is 1. The molecular weight excluding hydrogens is 247 g/mol. The molecule has 2 rings (SSSR count). The van der Waals surface area contributed by atoms with Crippen LogP contribution in [0.5, 0.6) is 0 Å². The first-order chi connectivity index (χ1) is 8.49. The molecule has 0 bridgehead atoms. The van der Waals surface area contributed by atoms with Gasteiger partial charge in [0.25, 0.3) is 0 Å². The molecule has 0 spiro atoms. The third-order valence-corrected chi connectivity index (χ3v) is 3.15. The fourth-order valence-corrected chi connectivity index (χ4v) is 2.18. The number of rotatable bonds is 2. The molecule has 100 valence electrons. The number of hydrogen-bond acceptors (Lipinski definition) is 3. The summed E-state index contributed by atoms with van der Waals surface area (Å²) >= 11 is 0. The molecule has 0 radical (unpaired) electrons. The van der Waals surface area contributed by atoms with E-state index in [1.165, 1.54) is 0 Å².